The molecule has 1 saturated heterocycles. The summed E-state index contributed by atoms with van der Waals surface area (Å²) in [5.41, 5.74) is 1.97. The standard InChI is InChI=1S/C19H17ClFN3O2S/c1-11-3-8-14(9-15(11)20)24-17(25)10-16(18(24)26)27-19(22-2)23-13-6-4-12(21)5-7-13/h3-9,16H,10H2,1-2H3,(H,22,23). The lowest BCUT2D eigenvalue weighted by Crippen LogP contribution is -2.31. The number of imide groups is 1. The highest BCUT2D eigenvalue weighted by Crippen LogP contribution is 2.32. The van der Waals surface area contributed by atoms with E-state index in [0.717, 1.165) is 10.5 Å². The molecule has 1 atom stereocenters. The van der Waals surface area contributed by atoms with Gasteiger partial charge >= 0.3 is 0 Å². The van der Waals surface area contributed by atoms with E-state index >= 15 is 0 Å². The van der Waals surface area contributed by atoms with Gasteiger partial charge in [-0.15, -0.1) is 0 Å². The van der Waals surface area contributed by atoms with E-state index in [1.54, 1.807) is 37.4 Å². The van der Waals surface area contributed by atoms with Crippen molar-refractivity contribution in [2.75, 3.05) is 17.3 Å². The smallest absolute Gasteiger partial charge is 0.247 e. The van der Waals surface area contributed by atoms with Crippen molar-refractivity contribution in [3.63, 3.8) is 0 Å². The number of hydrogen-bond donors (Lipinski definition) is 1. The highest BCUT2D eigenvalue weighted by Gasteiger charge is 2.40. The first-order valence-corrected chi connectivity index (χ1v) is 9.44. The Labute approximate surface area is 165 Å². The summed E-state index contributed by atoms with van der Waals surface area (Å²) >= 11 is 7.29. The Hall–Kier alpha value is -2.38. The number of benzene rings is 2. The second-order valence-corrected chi connectivity index (χ2v) is 7.57. The molecule has 0 aromatic heterocycles. The summed E-state index contributed by atoms with van der Waals surface area (Å²) in [6, 6.07) is 10.9. The van der Waals surface area contributed by atoms with Crippen LogP contribution in [-0.2, 0) is 9.59 Å². The lowest BCUT2D eigenvalue weighted by atomic mass is 10.2. The number of nitrogens with zero attached hydrogens (tertiary/aromatic N) is 2. The minimum absolute atomic E-state index is 0.0686. The fourth-order valence-corrected chi connectivity index (χ4v) is 3.78. The molecule has 0 radical (unpaired) electrons. The van der Waals surface area contributed by atoms with E-state index in [1.807, 2.05) is 6.92 Å². The lowest BCUT2D eigenvalue weighted by molar-refractivity contribution is -0.121. The SMILES string of the molecule is CN=C(Nc1ccc(F)cc1)SC1CC(=O)N(c2ccc(C)c(Cl)c2)C1=O. The van der Waals surface area contributed by atoms with Crippen LogP contribution >= 0.6 is 23.4 Å². The van der Waals surface area contributed by atoms with E-state index in [4.69, 9.17) is 11.6 Å². The van der Waals surface area contributed by atoms with Crippen molar-refractivity contribution >= 4 is 51.7 Å². The van der Waals surface area contributed by atoms with Gasteiger partial charge in [-0.2, -0.15) is 0 Å². The van der Waals surface area contributed by atoms with Gasteiger partial charge in [-0.3, -0.25) is 14.6 Å². The summed E-state index contributed by atoms with van der Waals surface area (Å²) in [5.74, 6) is -0.936. The van der Waals surface area contributed by atoms with E-state index in [1.165, 1.54) is 23.9 Å². The van der Waals surface area contributed by atoms with Gasteiger partial charge in [0.25, 0.3) is 0 Å². The molecule has 5 nitrogen and oxygen atoms in total. The van der Waals surface area contributed by atoms with Crippen LogP contribution in [0.4, 0.5) is 15.8 Å². The van der Waals surface area contributed by atoms with Crippen LogP contribution in [-0.4, -0.2) is 29.3 Å². The van der Waals surface area contributed by atoms with Gasteiger partial charge in [-0.05, 0) is 48.9 Å². The maximum Gasteiger partial charge on any atom is 0.247 e. The molecule has 1 N–H and O–H groups in total. The van der Waals surface area contributed by atoms with E-state index in [-0.39, 0.29) is 24.1 Å². The van der Waals surface area contributed by atoms with Crippen LogP contribution in [0, 0.1) is 12.7 Å². The highest BCUT2D eigenvalue weighted by molar-refractivity contribution is 8.15. The van der Waals surface area contributed by atoms with Crippen LogP contribution in [0.5, 0.6) is 0 Å². The van der Waals surface area contributed by atoms with Crippen LogP contribution in [0.1, 0.15) is 12.0 Å². The number of amidine groups is 1. The molecule has 0 bridgehead atoms. The van der Waals surface area contributed by atoms with Gasteiger partial charge < -0.3 is 5.32 Å². The topological polar surface area (TPSA) is 61.8 Å². The number of rotatable bonds is 3. The number of carbonyl (C=O) groups excluding carboxylic acids is 2. The Morgan fingerprint density at radius 1 is 1.26 bits per heavy atom. The number of aryl methyl sites for hydroxylation is 1. The number of hydrogen-bond acceptors (Lipinski definition) is 4. The molecule has 1 heterocycles. The first kappa shape index (κ1) is 19.4. The van der Waals surface area contributed by atoms with E-state index in [2.05, 4.69) is 10.3 Å². The molecule has 1 fully saturated rings. The van der Waals surface area contributed by atoms with E-state index in [9.17, 15) is 14.0 Å². The molecule has 140 valence electrons. The van der Waals surface area contributed by atoms with Gasteiger partial charge in [0.15, 0.2) is 5.17 Å². The molecule has 1 aliphatic rings. The molecule has 2 amide bonds. The van der Waals surface area contributed by atoms with Crippen LogP contribution in [0.3, 0.4) is 0 Å². The number of aliphatic imine (C=N–C) groups is 1. The Bertz CT molecular complexity index is 918. The molecular formula is C19H17ClFN3O2S. The molecule has 27 heavy (non-hydrogen) atoms. The summed E-state index contributed by atoms with van der Waals surface area (Å²) in [7, 11) is 1.58. The second-order valence-electron chi connectivity index (χ2n) is 5.97. The number of carbonyl (C=O) groups is 2. The average Bonchev–Trinajstić information content (AvgIpc) is 2.92. The molecule has 2 aromatic carbocycles. The van der Waals surface area contributed by atoms with Gasteiger partial charge in [0.05, 0.1) is 5.69 Å². The number of anilines is 2. The predicted octanol–water partition coefficient (Wildman–Crippen LogP) is 4.25. The van der Waals surface area contributed by atoms with Crippen molar-refractivity contribution in [1.82, 2.24) is 0 Å². The number of amides is 2. The van der Waals surface area contributed by atoms with Crippen LogP contribution in [0.25, 0.3) is 0 Å². The molecule has 1 unspecified atom stereocenters. The minimum Gasteiger partial charge on any atom is -0.335 e. The summed E-state index contributed by atoms with van der Waals surface area (Å²) in [5, 5.41) is 3.41. The predicted molar refractivity (Wildman–Crippen MR) is 108 cm³/mol. The zero-order valence-corrected chi connectivity index (χ0v) is 16.3. The summed E-state index contributed by atoms with van der Waals surface area (Å²) < 4.78 is 13.0. The maximum atomic E-state index is 13.0. The van der Waals surface area contributed by atoms with Crippen molar-refractivity contribution in [3.05, 3.63) is 58.9 Å². The zero-order chi connectivity index (χ0) is 19.6. The van der Waals surface area contributed by atoms with Gasteiger partial charge in [0.1, 0.15) is 11.1 Å². The quantitative estimate of drug-likeness (QED) is 0.471. The zero-order valence-electron chi connectivity index (χ0n) is 14.7. The highest BCUT2D eigenvalue weighted by atomic mass is 35.5. The molecule has 0 aliphatic carbocycles. The summed E-state index contributed by atoms with van der Waals surface area (Å²) in [6.07, 6.45) is 0.0686. The monoisotopic (exact) mass is 405 g/mol. The fraction of sp³-hybridized carbons (Fsp3) is 0.211. The molecule has 8 heteroatoms. The molecule has 1 aliphatic heterocycles. The molecule has 2 aromatic rings. The van der Waals surface area contributed by atoms with E-state index < -0.39 is 5.25 Å². The normalized spacial score (nSPS) is 17.6. The Morgan fingerprint density at radius 3 is 2.59 bits per heavy atom. The van der Waals surface area contributed by atoms with Crippen LogP contribution < -0.4 is 10.2 Å². The number of nitrogens with one attached hydrogen (secondary N) is 1. The Balaban J connectivity index is 1.73. The third-order valence-electron chi connectivity index (χ3n) is 4.07. The number of halogens is 2. The Morgan fingerprint density at radius 2 is 1.96 bits per heavy atom. The van der Waals surface area contributed by atoms with E-state index in [0.29, 0.717) is 21.6 Å². The van der Waals surface area contributed by atoms with Crippen LogP contribution in [0.15, 0.2) is 47.5 Å². The average molecular weight is 406 g/mol. The first-order valence-electron chi connectivity index (χ1n) is 8.18. The summed E-state index contributed by atoms with van der Waals surface area (Å²) in [4.78, 5) is 30.5. The third kappa shape index (κ3) is 4.31. The van der Waals surface area contributed by atoms with Gasteiger partial charge in [-0.25, -0.2) is 9.29 Å². The van der Waals surface area contributed by atoms with Crippen molar-refractivity contribution in [2.45, 2.75) is 18.6 Å². The largest absolute Gasteiger partial charge is 0.335 e. The fourth-order valence-electron chi connectivity index (χ4n) is 2.62. The van der Waals surface area contributed by atoms with Crippen molar-refractivity contribution < 1.29 is 14.0 Å². The molecule has 0 saturated carbocycles. The van der Waals surface area contributed by atoms with Gasteiger partial charge in [-0.1, -0.05) is 29.4 Å². The minimum atomic E-state index is -0.593. The number of thioether (sulfide) groups is 1. The molecular weight excluding hydrogens is 389 g/mol. The lowest BCUT2D eigenvalue weighted by Gasteiger charge is -2.16. The Kier molecular flexibility index (Phi) is 5.82. The van der Waals surface area contributed by atoms with Gasteiger partial charge in [0.2, 0.25) is 11.8 Å². The van der Waals surface area contributed by atoms with Crippen molar-refractivity contribution in [2.24, 2.45) is 4.99 Å². The maximum absolute atomic E-state index is 13.0. The summed E-state index contributed by atoms with van der Waals surface area (Å²) in [6.45, 7) is 1.85. The van der Waals surface area contributed by atoms with Crippen molar-refractivity contribution in [1.29, 1.82) is 0 Å². The molecule has 3 rings (SSSR count). The first-order chi connectivity index (χ1) is 12.9. The van der Waals surface area contributed by atoms with Gasteiger partial charge in [0, 0.05) is 24.2 Å². The second kappa shape index (κ2) is 8.10. The van der Waals surface area contributed by atoms with Crippen LogP contribution in [0.2, 0.25) is 5.02 Å². The molecule has 0 spiro atoms. The van der Waals surface area contributed by atoms with Crippen molar-refractivity contribution in [3.8, 4) is 0 Å². The third-order valence-corrected chi connectivity index (χ3v) is 5.64.